The summed E-state index contributed by atoms with van der Waals surface area (Å²) in [4.78, 5) is 40.7. The fourth-order valence-corrected chi connectivity index (χ4v) is 5.49. The number of aliphatic hydroxyl groups is 1. The zero-order valence-electron chi connectivity index (χ0n) is 20.5. The third-order valence-corrected chi connectivity index (χ3v) is 7.28. The molecule has 37 heavy (non-hydrogen) atoms. The van der Waals surface area contributed by atoms with Gasteiger partial charge in [0.25, 0.3) is 11.5 Å². The van der Waals surface area contributed by atoms with Crippen LogP contribution in [0.3, 0.4) is 0 Å². The van der Waals surface area contributed by atoms with E-state index in [0.717, 1.165) is 31.2 Å². The summed E-state index contributed by atoms with van der Waals surface area (Å²) in [5, 5.41) is 10.5. The first-order valence-corrected chi connectivity index (χ1v) is 12.4. The molecule has 4 aromatic rings. The quantitative estimate of drug-likeness (QED) is 0.435. The molecule has 0 spiro atoms. The van der Waals surface area contributed by atoms with Crippen LogP contribution in [0, 0.1) is 6.92 Å². The highest BCUT2D eigenvalue weighted by molar-refractivity contribution is 6.06. The van der Waals surface area contributed by atoms with Crippen molar-refractivity contribution >= 4 is 17.5 Å². The fourth-order valence-electron chi connectivity index (χ4n) is 5.49. The first-order chi connectivity index (χ1) is 18.1. The molecule has 6 rings (SSSR count). The van der Waals surface area contributed by atoms with E-state index < -0.39 is 0 Å². The van der Waals surface area contributed by atoms with Crippen LogP contribution in [0.5, 0.6) is 0 Å². The molecule has 0 bridgehead atoms. The van der Waals surface area contributed by atoms with E-state index in [9.17, 15) is 14.7 Å². The predicted octanol–water partition coefficient (Wildman–Crippen LogP) is 2.72. The highest BCUT2D eigenvalue weighted by Crippen LogP contribution is 2.34. The summed E-state index contributed by atoms with van der Waals surface area (Å²) in [6.45, 7) is 2.67. The molecule has 10 nitrogen and oxygen atoms in total. The van der Waals surface area contributed by atoms with E-state index in [1.165, 1.54) is 34.4 Å². The Hall–Kier alpha value is -4.31. The van der Waals surface area contributed by atoms with Crippen LogP contribution in [0.25, 0.3) is 11.1 Å². The van der Waals surface area contributed by atoms with Crippen molar-refractivity contribution in [1.82, 2.24) is 24.2 Å². The number of aryl methyl sites for hydroxylation is 1. The molecule has 0 radical (unpaired) electrons. The maximum Gasteiger partial charge on any atom is 0.276 e. The van der Waals surface area contributed by atoms with Crippen LogP contribution in [0.1, 0.15) is 45.8 Å². The van der Waals surface area contributed by atoms with Gasteiger partial charge < -0.3 is 9.67 Å². The van der Waals surface area contributed by atoms with Gasteiger partial charge in [0, 0.05) is 60.3 Å². The maximum absolute atomic E-state index is 13.6. The summed E-state index contributed by atoms with van der Waals surface area (Å²) in [6, 6.07) is 7.01. The second-order valence-corrected chi connectivity index (χ2v) is 9.34. The summed E-state index contributed by atoms with van der Waals surface area (Å²) in [7, 11) is 0. The fraction of sp³-hybridized carbons (Fsp3) is 0.296. The molecule has 10 heteroatoms. The van der Waals surface area contributed by atoms with Gasteiger partial charge in [-0.3, -0.25) is 24.9 Å². The summed E-state index contributed by atoms with van der Waals surface area (Å²) >= 11 is 0. The van der Waals surface area contributed by atoms with Gasteiger partial charge in [0.05, 0.1) is 12.8 Å². The van der Waals surface area contributed by atoms with E-state index in [2.05, 4.69) is 24.9 Å². The molecular formula is C27H27N7O3. The minimum atomic E-state index is -0.310. The summed E-state index contributed by atoms with van der Waals surface area (Å²) in [5.74, 6) is 0.757. The van der Waals surface area contributed by atoms with E-state index in [0.29, 0.717) is 47.2 Å². The molecule has 0 unspecified atom stereocenters. The maximum atomic E-state index is 13.6. The van der Waals surface area contributed by atoms with Crippen LogP contribution >= 0.6 is 0 Å². The lowest BCUT2D eigenvalue weighted by atomic mass is 9.98. The van der Waals surface area contributed by atoms with Crippen LogP contribution in [-0.4, -0.2) is 41.8 Å². The molecule has 1 aliphatic heterocycles. The molecular weight excluding hydrogens is 470 g/mol. The average molecular weight is 498 g/mol. The topological polar surface area (TPSA) is 118 Å². The zero-order valence-corrected chi connectivity index (χ0v) is 20.5. The Balaban J connectivity index is 1.40. The molecule has 0 saturated heterocycles. The van der Waals surface area contributed by atoms with E-state index in [1.54, 1.807) is 29.4 Å². The highest BCUT2D eigenvalue weighted by Gasteiger charge is 2.32. The molecule has 0 atom stereocenters. The van der Waals surface area contributed by atoms with E-state index >= 15 is 0 Å². The summed E-state index contributed by atoms with van der Waals surface area (Å²) < 4.78 is 3.55. The van der Waals surface area contributed by atoms with Crippen LogP contribution in [0.15, 0.2) is 53.8 Å². The zero-order chi connectivity index (χ0) is 25.5. The van der Waals surface area contributed by atoms with E-state index in [-0.39, 0.29) is 18.1 Å². The first kappa shape index (κ1) is 23.1. The molecule has 4 aromatic heterocycles. The Morgan fingerprint density at radius 3 is 2.68 bits per heavy atom. The van der Waals surface area contributed by atoms with Crippen molar-refractivity contribution in [3.63, 3.8) is 0 Å². The number of nitrogens with zero attached hydrogens (tertiary/aromatic N) is 6. The summed E-state index contributed by atoms with van der Waals surface area (Å²) in [5.41, 5.74) is 8.56. The van der Waals surface area contributed by atoms with Crippen LogP contribution < -0.4 is 15.9 Å². The standard InChI is InChI=1S/C27H27N7O3/c1-17-19(6-7-25(36)34(17)31-24-15-28-10-11-29-24)20-8-9-30-26(21(20)16-35)33-13-12-32-22-5-3-2-4-18(22)14-23(32)27(33)37/h6-11,14-15,35H,2-5,12-13,16H2,1H3,(H,29,31). The monoisotopic (exact) mass is 497 g/mol. The number of aromatic nitrogens is 5. The predicted molar refractivity (Wildman–Crippen MR) is 138 cm³/mol. The lowest BCUT2D eigenvalue weighted by Crippen LogP contribution is -2.41. The number of carbonyl (C=O) groups is 1. The number of anilines is 2. The largest absolute Gasteiger partial charge is 0.392 e. The van der Waals surface area contributed by atoms with Crippen molar-refractivity contribution in [2.75, 3.05) is 16.9 Å². The van der Waals surface area contributed by atoms with Crippen molar-refractivity contribution in [3.05, 3.63) is 87.6 Å². The van der Waals surface area contributed by atoms with Gasteiger partial charge in [0.15, 0.2) is 5.82 Å². The summed E-state index contributed by atoms with van der Waals surface area (Å²) in [6.07, 6.45) is 10.6. The number of rotatable bonds is 5. The highest BCUT2D eigenvalue weighted by atomic mass is 16.3. The van der Waals surface area contributed by atoms with Crippen LogP contribution in [0.2, 0.25) is 0 Å². The minimum Gasteiger partial charge on any atom is -0.392 e. The van der Waals surface area contributed by atoms with Crippen molar-refractivity contribution < 1.29 is 9.90 Å². The second-order valence-electron chi connectivity index (χ2n) is 9.34. The van der Waals surface area contributed by atoms with Gasteiger partial charge in [-0.2, -0.15) is 0 Å². The number of hydrogen-bond donors (Lipinski definition) is 2. The number of aliphatic hydroxyl groups excluding tert-OH is 1. The number of nitrogens with one attached hydrogen (secondary N) is 1. The third-order valence-electron chi connectivity index (χ3n) is 7.28. The first-order valence-electron chi connectivity index (χ1n) is 12.4. The molecule has 2 N–H and O–H groups in total. The molecule has 1 aliphatic carbocycles. The normalized spacial score (nSPS) is 14.9. The molecule has 188 valence electrons. The molecule has 1 amide bonds. The molecule has 0 fully saturated rings. The van der Waals surface area contributed by atoms with Crippen molar-refractivity contribution in [2.45, 2.75) is 45.8 Å². The minimum absolute atomic E-state index is 0.106. The number of hydrogen-bond acceptors (Lipinski definition) is 7. The Bertz CT molecular complexity index is 1560. The second kappa shape index (κ2) is 9.29. The Morgan fingerprint density at radius 2 is 1.86 bits per heavy atom. The van der Waals surface area contributed by atoms with Gasteiger partial charge in [-0.1, -0.05) is 0 Å². The lowest BCUT2D eigenvalue weighted by Gasteiger charge is -2.30. The molecule has 2 aliphatic rings. The molecule has 0 aromatic carbocycles. The number of pyridine rings is 2. The third kappa shape index (κ3) is 3.89. The lowest BCUT2D eigenvalue weighted by molar-refractivity contribution is 0.0963. The molecule has 0 saturated carbocycles. The Labute approximate surface area is 213 Å². The van der Waals surface area contributed by atoms with Gasteiger partial charge in [-0.25, -0.2) is 14.6 Å². The van der Waals surface area contributed by atoms with Gasteiger partial charge >= 0.3 is 0 Å². The van der Waals surface area contributed by atoms with E-state index in [4.69, 9.17) is 0 Å². The van der Waals surface area contributed by atoms with Crippen molar-refractivity contribution in [2.24, 2.45) is 0 Å². The van der Waals surface area contributed by atoms with Gasteiger partial charge in [-0.05, 0) is 61.9 Å². The SMILES string of the molecule is Cc1c(-c2ccnc(N3CCn4c(cc5c4CCCC5)C3=O)c2CO)ccc(=O)n1Nc1cnccn1. The van der Waals surface area contributed by atoms with Gasteiger partial charge in [0.1, 0.15) is 11.5 Å². The van der Waals surface area contributed by atoms with Crippen molar-refractivity contribution in [3.8, 4) is 11.1 Å². The van der Waals surface area contributed by atoms with Crippen LogP contribution in [0.4, 0.5) is 11.6 Å². The molecule has 5 heterocycles. The number of fused-ring (bicyclic) bond motifs is 3. The average Bonchev–Trinajstić information content (AvgIpc) is 3.31. The van der Waals surface area contributed by atoms with Crippen LogP contribution in [-0.2, 0) is 26.0 Å². The smallest absolute Gasteiger partial charge is 0.276 e. The number of amides is 1. The Morgan fingerprint density at radius 1 is 1.00 bits per heavy atom. The van der Waals surface area contributed by atoms with Crippen molar-refractivity contribution in [1.29, 1.82) is 0 Å². The van der Waals surface area contributed by atoms with Gasteiger partial charge in [0.2, 0.25) is 0 Å². The van der Waals surface area contributed by atoms with Gasteiger partial charge in [-0.15, -0.1) is 0 Å². The number of carbonyl (C=O) groups excluding carboxylic acids is 1. The Kier molecular flexibility index (Phi) is 5.80. The van der Waals surface area contributed by atoms with E-state index in [1.807, 2.05) is 13.0 Å².